The van der Waals surface area contributed by atoms with Gasteiger partial charge in [0.2, 0.25) is 10.0 Å². The van der Waals surface area contributed by atoms with Crippen molar-refractivity contribution in [2.45, 2.75) is 36.4 Å². The van der Waals surface area contributed by atoms with E-state index in [-0.39, 0.29) is 45.8 Å². The predicted octanol–water partition coefficient (Wildman–Crippen LogP) is 4.26. The molecule has 1 heterocycles. The Labute approximate surface area is 213 Å². The lowest BCUT2D eigenvalue weighted by molar-refractivity contribution is -0.137. The van der Waals surface area contributed by atoms with Gasteiger partial charge in [0.05, 0.1) is 39.9 Å². The van der Waals surface area contributed by atoms with Crippen molar-refractivity contribution in [1.29, 1.82) is 5.26 Å². The number of hydrogen-bond acceptors (Lipinski definition) is 6. The first-order chi connectivity index (χ1) is 17.3. The van der Waals surface area contributed by atoms with E-state index in [1.807, 2.05) is 6.07 Å². The predicted molar refractivity (Wildman–Crippen MR) is 128 cm³/mol. The number of nitriles is 1. The van der Waals surface area contributed by atoms with Crippen molar-refractivity contribution in [2.24, 2.45) is 0 Å². The fourth-order valence-electron chi connectivity index (χ4n) is 4.61. The zero-order chi connectivity index (χ0) is 27.3. The van der Waals surface area contributed by atoms with E-state index < -0.39 is 50.4 Å². The average Bonchev–Trinajstić information content (AvgIpc) is 2.81. The second kappa shape index (κ2) is 9.42. The van der Waals surface area contributed by atoms with Gasteiger partial charge in [-0.05, 0) is 48.7 Å². The van der Waals surface area contributed by atoms with Crippen LogP contribution >= 0.6 is 0 Å². The summed E-state index contributed by atoms with van der Waals surface area (Å²) in [5.74, 6) is -0.485. The Kier molecular flexibility index (Phi) is 6.76. The molecule has 37 heavy (non-hydrogen) atoms. The van der Waals surface area contributed by atoms with Crippen molar-refractivity contribution < 1.29 is 35.4 Å². The van der Waals surface area contributed by atoms with Crippen LogP contribution in [0.5, 0.6) is 0 Å². The maximum atomic E-state index is 13.8. The minimum absolute atomic E-state index is 0.0262. The number of carbonyl (C=O) groups is 2. The number of ketones is 1. The van der Waals surface area contributed by atoms with Gasteiger partial charge in [-0.3, -0.25) is 13.9 Å². The van der Waals surface area contributed by atoms with Gasteiger partial charge < -0.3 is 0 Å². The van der Waals surface area contributed by atoms with Crippen molar-refractivity contribution in [3.8, 4) is 6.07 Å². The molecule has 0 fully saturated rings. The third kappa shape index (κ3) is 4.78. The molecule has 2 aromatic rings. The van der Waals surface area contributed by atoms with E-state index in [2.05, 4.69) is 0 Å². The van der Waals surface area contributed by atoms with Crippen LogP contribution in [0.2, 0.25) is 0 Å². The number of halogens is 3. The highest BCUT2D eigenvalue weighted by Gasteiger charge is 2.49. The second-order valence-electron chi connectivity index (χ2n) is 8.58. The number of Topliss-reactive ketones (excluding diaryl/α,β-unsaturated/α-hetero) is 1. The molecule has 0 spiro atoms. The molecule has 0 radical (unpaired) electrons. The van der Waals surface area contributed by atoms with Crippen molar-refractivity contribution in [2.75, 3.05) is 17.4 Å². The summed E-state index contributed by atoms with van der Waals surface area (Å²) in [4.78, 5) is 28.0. The molecule has 2 atom stereocenters. The number of allylic oxidation sites excluding steroid dienone is 1. The summed E-state index contributed by atoms with van der Waals surface area (Å²) in [5, 5.41) is 9.28. The number of urea groups is 1. The maximum absolute atomic E-state index is 13.8. The lowest BCUT2D eigenvalue weighted by atomic mass is 9.84. The minimum atomic E-state index is -4.73. The van der Waals surface area contributed by atoms with Crippen LogP contribution in [0.3, 0.4) is 0 Å². The number of anilines is 1. The van der Waals surface area contributed by atoms with Crippen molar-refractivity contribution >= 4 is 38.3 Å². The lowest BCUT2D eigenvalue weighted by Gasteiger charge is -2.44. The highest BCUT2D eigenvalue weighted by Crippen LogP contribution is 2.46. The summed E-state index contributed by atoms with van der Waals surface area (Å²) in [6.45, 7) is 0. The average molecular weight is 552 g/mol. The summed E-state index contributed by atoms with van der Waals surface area (Å²) in [7, 11) is -6.16. The zero-order valence-corrected chi connectivity index (χ0v) is 21.2. The molecule has 1 aliphatic heterocycles. The van der Waals surface area contributed by atoms with Gasteiger partial charge in [0, 0.05) is 28.8 Å². The molecule has 0 aromatic heterocycles. The first kappa shape index (κ1) is 26.6. The first-order valence-corrected chi connectivity index (χ1v) is 14.3. The maximum Gasteiger partial charge on any atom is 0.416 e. The number of rotatable bonds is 4. The van der Waals surface area contributed by atoms with Crippen LogP contribution in [0.4, 0.5) is 23.7 Å². The molecule has 2 aliphatic rings. The number of hydrogen-bond donors (Lipinski definition) is 0. The van der Waals surface area contributed by atoms with Gasteiger partial charge in [-0.25, -0.2) is 17.5 Å². The Hall–Kier alpha value is -3.50. The smallest absolute Gasteiger partial charge is 0.294 e. The lowest BCUT2D eigenvalue weighted by Crippen LogP contribution is -2.54. The van der Waals surface area contributed by atoms with E-state index in [0.29, 0.717) is 10.7 Å². The number of sulfonamides is 1. The van der Waals surface area contributed by atoms with E-state index in [1.54, 1.807) is 0 Å². The molecule has 13 heteroatoms. The monoisotopic (exact) mass is 551 g/mol. The van der Waals surface area contributed by atoms with Crippen LogP contribution in [0.1, 0.15) is 42.0 Å². The topological polar surface area (TPSA) is 116 Å². The van der Waals surface area contributed by atoms with E-state index in [4.69, 9.17) is 0 Å². The molecular formula is C24H20F3N3O5S2. The van der Waals surface area contributed by atoms with Crippen LogP contribution < -0.4 is 4.90 Å². The number of carbonyl (C=O) groups excluding carboxylic acids is 2. The molecule has 1 aliphatic carbocycles. The van der Waals surface area contributed by atoms with Gasteiger partial charge in [0.1, 0.15) is 6.04 Å². The normalized spacial score (nSPS) is 19.5. The van der Waals surface area contributed by atoms with Crippen LogP contribution in [-0.4, -0.2) is 41.3 Å². The van der Waals surface area contributed by atoms with Gasteiger partial charge in [0.15, 0.2) is 5.78 Å². The van der Waals surface area contributed by atoms with Crippen LogP contribution in [0.15, 0.2) is 58.6 Å². The number of alkyl halides is 3. The summed E-state index contributed by atoms with van der Waals surface area (Å²) in [6, 6.07) is 7.07. The number of amides is 2. The highest BCUT2D eigenvalue weighted by atomic mass is 32.2. The fourth-order valence-corrected chi connectivity index (χ4v) is 6.38. The fraction of sp³-hybridized carbons (Fsp3) is 0.292. The molecule has 194 valence electrons. The number of nitrogens with zero attached hydrogens (tertiary/aromatic N) is 3. The van der Waals surface area contributed by atoms with E-state index in [1.165, 1.54) is 30.5 Å². The first-order valence-electron chi connectivity index (χ1n) is 10.9. The van der Waals surface area contributed by atoms with Gasteiger partial charge in [-0.2, -0.15) is 18.4 Å². The van der Waals surface area contributed by atoms with Gasteiger partial charge in [-0.15, -0.1) is 0 Å². The SMILES string of the molecule is CS(=O)c1cc(C#N)ccc1[C@@H]1C2=C(CCCC2=O)N(c2cccc(C(F)(F)F)c2)C(=O)N1S(C)(=O)=O. The molecule has 0 saturated heterocycles. The summed E-state index contributed by atoms with van der Waals surface area (Å²) >= 11 is 0. The Balaban J connectivity index is 2.06. The molecule has 0 saturated carbocycles. The zero-order valence-electron chi connectivity index (χ0n) is 19.6. The third-order valence-electron chi connectivity index (χ3n) is 6.12. The second-order valence-corrected chi connectivity index (χ2v) is 11.8. The summed E-state index contributed by atoms with van der Waals surface area (Å²) in [5.41, 5.74) is -1.08. The molecule has 0 N–H and O–H groups in total. The van der Waals surface area contributed by atoms with Crippen molar-refractivity contribution in [1.82, 2.24) is 4.31 Å². The quantitative estimate of drug-likeness (QED) is 0.561. The van der Waals surface area contributed by atoms with Gasteiger partial charge in [-0.1, -0.05) is 12.1 Å². The Morgan fingerprint density at radius 2 is 1.81 bits per heavy atom. The number of benzene rings is 2. The van der Waals surface area contributed by atoms with Crippen molar-refractivity contribution in [3.05, 3.63) is 70.4 Å². The minimum Gasteiger partial charge on any atom is -0.294 e. The van der Waals surface area contributed by atoms with Crippen LogP contribution in [0.25, 0.3) is 0 Å². The third-order valence-corrected chi connectivity index (χ3v) is 8.18. The molecule has 4 rings (SSSR count). The van der Waals surface area contributed by atoms with Crippen LogP contribution in [-0.2, 0) is 31.8 Å². The molecule has 2 amide bonds. The van der Waals surface area contributed by atoms with Gasteiger partial charge >= 0.3 is 12.2 Å². The van der Waals surface area contributed by atoms with E-state index in [9.17, 15) is 40.6 Å². The molecule has 8 nitrogen and oxygen atoms in total. The van der Waals surface area contributed by atoms with Crippen LogP contribution in [0, 0.1) is 11.3 Å². The molecule has 0 bridgehead atoms. The Morgan fingerprint density at radius 3 is 2.41 bits per heavy atom. The Bertz CT molecular complexity index is 1530. The molecule has 2 aromatic carbocycles. The summed E-state index contributed by atoms with van der Waals surface area (Å²) in [6.07, 6.45) is -2.23. The standard InChI is InChI=1S/C24H20F3N3O5S2/c1-36(33)20-11-14(13-28)9-10-17(20)22-21-18(7-4-8-19(21)31)29(23(32)30(22)37(2,34)35)16-6-3-5-15(12-16)24(25,26)27/h3,5-6,9-12,22H,4,7-8H2,1-2H3/t22-,36?/m1/s1. The molecule has 1 unspecified atom stereocenters. The largest absolute Gasteiger partial charge is 0.416 e. The van der Waals surface area contributed by atoms with Gasteiger partial charge in [0.25, 0.3) is 0 Å². The van der Waals surface area contributed by atoms with Crippen molar-refractivity contribution in [3.63, 3.8) is 0 Å². The Morgan fingerprint density at radius 1 is 1.11 bits per heavy atom. The van der Waals surface area contributed by atoms with E-state index in [0.717, 1.165) is 29.4 Å². The van der Waals surface area contributed by atoms with E-state index >= 15 is 0 Å². The highest BCUT2D eigenvalue weighted by molar-refractivity contribution is 7.89. The summed E-state index contributed by atoms with van der Waals surface area (Å²) < 4.78 is 79.3. The molecular weight excluding hydrogens is 531 g/mol.